The number of aliphatic carboxylic acids is 1. The molecule has 0 bridgehead atoms. The maximum absolute atomic E-state index is 12.9. The maximum atomic E-state index is 12.9. The Bertz CT molecular complexity index is 731. The van der Waals surface area contributed by atoms with Crippen molar-refractivity contribution in [2.45, 2.75) is 45.3 Å². The van der Waals surface area contributed by atoms with E-state index in [-0.39, 0.29) is 25.0 Å². The number of hydrogen-bond donors (Lipinski definition) is 2. The molecule has 0 spiro atoms. The van der Waals surface area contributed by atoms with Crippen LogP contribution < -0.4 is 5.32 Å². The summed E-state index contributed by atoms with van der Waals surface area (Å²) in [5, 5.41) is 11.9. The number of carboxylic acids is 1. The van der Waals surface area contributed by atoms with Gasteiger partial charge in [-0.1, -0.05) is 44.2 Å². The molecule has 0 radical (unpaired) electrons. The first-order valence-electron chi connectivity index (χ1n) is 9.41. The van der Waals surface area contributed by atoms with E-state index in [4.69, 9.17) is 4.74 Å². The third-order valence-corrected chi connectivity index (χ3v) is 4.59. The van der Waals surface area contributed by atoms with Gasteiger partial charge in [-0.25, -0.2) is 4.79 Å². The van der Waals surface area contributed by atoms with E-state index in [0.717, 1.165) is 11.1 Å². The van der Waals surface area contributed by atoms with Crippen LogP contribution in [-0.2, 0) is 32.1 Å². The van der Waals surface area contributed by atoms with E-state index in [1.807, 2.05) is 38.1 Å². The summed E-state index contributed by atoms with van der Waals surface area (Å²) in [4.78, 5) is 38.7. The number of nitrogens with one attached hydrogen (secondary N) is 1. The Morgan fingerprint density at radius 3 is 2.61 bits per heavy atom. The highest BCUT2D eigenvalue weighted by Gasteiger charge is 2.36. The Balaban J connectivity index is 2.19. The van der Waals surface area contributed by atoms with Crippen molar-refractivity contribution in [3.63, 3.8) is 0 Å². The highest BCUT2D eigenvalue weighted by molar-refractivity contribution is 5.91. The van der Waals surface area contributed by atoms with Crippen LogP contribution >= 0.6 is 0 Å². The number of ether oxygens (including phenoxy) is 1. The zero-order valence-electron chi connectivity index (χ0n) is 16.4. The Morgan fingerprint density at radius 1 is 1.32 bits per heavy atom. The van der Waals surface area contributed by atoms with E-state index in [2.05, 4.69) is 11.9 Å². The van der Waals surface area contributed by atoms with Crippen molar-refractivity contribution in [1.29, 1.82) is 0 Å². The minimum Gasteiger partial charge on any atom is -0.480 e. The summed E-state index contributed by atoms with van der Waals surface area (Å²) in [6, 6.07) is 5.74. The zero-order valence-corrected chi connectivity index (χ0v) is 16.4. The summed E-state index contributed by atoms with van der Waals surface area (Å²) < 4.78 is 5.18. The zero-order chi connectivity index (χ0) is 20.7. The summed E-state index contributed by atoms with van der Waals surface area (Å²) >= 11 is 0. The van der Waals surface area contributed by atoms with E-state index in [1.165, 1.54) is 6.08 Å². The molecule has 0 aliphatic carbocycles. The van der Waals surface area contributed by atoms with Crippen LogP contribution in [0.5, 0.6) is 0 Å². The van der Waals surface area contributed by atoms with Crippen LogP contribution in [0.1, 0.15) is 31.4 Å². The summed E-state index contributed by atoms with van der Waals surface area (Å²) in [6.07, 6.45) is 2.19. The van der Waals surface area contributed by atoms with Crippen LogP contribution in [0.2, 0.25) is 0 Å². The van der Waals surface area contributed by atoms with Gasteiger partial charge in [-0.15, -0.1) is 6.58 Å². The standard InChI is InChI=1S/C21H28N2O5/c1-4-9-28-13-17(21(26)27)22-20(25)18-11-15-7-5-6-8-16(15)12-23(18)19(24)10-14(2)3/h4-8,14,17-18H,1,9-13H2,2-3H3,(H,22,25)(H,26,27). The van der Waals surface area contributed by atoms with E-state index < -0.39 is 24.0 Å². The quantitative estimate of drug-likeness (QED) is 0.496. The molecule has 0 saturated carbocycles. The first-order valence-corrected chi connectivity index (χ1v) is 9.41. The molecular weight excluding hydrogens is 360 g/mol. The number of amides is 2. The molecule has 1 aliphatic rings. The molecule has 152 valence electrons. The number of carbonyl (C=O) groups is 3. The number of nitrogens with zero attached hydrogens (tertiary/aromatic N) is 1. The van der Waals surface area contributed by atoms with E-state index in [1.54, 1.807) is 4.90 Å². The molecule has 7 nitrogen and oxygen atoms in total. The van der Waals surface area contributed by atoms with Crippen molar-refractivity contribution in [2.24, 2.45) is 5.92 Å². The van der Waals surface area contributed by atoms with E-state index in [0.29, 0.717) is 19.4 Å². The fourth-order valence-electron chi connectivity index (χ4n) is 3.20. The van der Waals surface area contributed by atoms with Gasteiger partial charge < -0.3 is 20.1 Å². The van der Waals surface area contributed by atoms with Crippen molar-refractivity contribution in [1.82, 2.24) is 10.2 Å². The fraction of sp³-hybridized carbons (Fsp3) is 0.476. The number of carbonyl (C=O) groups excluding carboxylic acids is 2. The first kappa shape index (κ1) is 21.6. The summed E-state index contributed by atoms with van der Waals surface area (Å²) in [6.45, 7) is 7.76. The van der Waals surface area contributed by atoms with Crippen LogP contribution in [0.4, 0.5) is 0 Å². The monoisotopic (exact) mass is 388 g/mol. The lowest BCUT2D eigenvalue weighted by molar-refractivity contribution is -0.146. The van der Waals surface area contributed by atoms with Gasteiger partial charge in [0.25, 0.3) is 0 Å². The lowest BCUT2D eigenvalue weighted by atomic mass is 9.92. The predicted molar refractivity (Wildman–Crippen MR) is 105 cm³/mol. The third kappa shape index (κ3) is 5.66. The second-order valence-corrected chi connectivity index (χ2v) is 7.33. The normalized spacial score (nSPS) is 17.0. The van der Waals surface area contributed by atoms with Gasteiger partial charge in [-0.2, -0.15) is 0 Å². The smallest absolute Gasteiger partial charge is 0.328 e. The topological polar surface area (TPSA) is 95.9 Å². The average molecular weight is 388 g/mol. The van der Waals surface area contributed by atoms with Crippen molar-refractivity contribution in [2.75, 3.05) is 13.2 Å². The Labute approximate surface area is 165 Å². The lowest BCUT2D eigenvalue weighted by Crippen LogP contribution is -2.56. The minimum absolute atomic E-state index is 0.112. The first-order chi connectivity index (χ1) is 13.3. The fourth-order valence-corrected chi connectivity index (χ4v) is 3.20. The van der Waals surface area contributed by atoms with Crippen LogP contribution in [0.25, 0.3) is 0 Å². The molecule has 2 amide bonds. The molecule has 1 heterocycles. The Kier molecular flexibility index (Phi) is 7.75. The second kappa shape index (κ2) is 10.0. The predicted octanol–water partition coefficient (Wildman–Crippen LogP) is 1.76. The number of benzene rings is 1. The molecule has 2 rings (SSSR count). The number of rotatable bonds is 9. The molecule has 0 saturated heterocycles. The van der Waals surface area contributed by atoms with Gasteiger partial charge in [-0.05, 0) is 17.0 Å². The highest BCUT2D eigenvalue weighted by atomic mass is 16.5. The van der Waals surface area contributed by atoms with Crippen LogP contribution in [-0.4, -0.2) is 53.1 Å². The molecule has 1 aliphatic heterocycles. The van der Waals surface area contributed by atoms with Gasteiger partial charge in [0, 0.05) is 19.4 Å². The molecule has 1 aromatic carbocycles. The number of fused-ring (bicyclic) bond motifs is 1. The summed E-state index contributed by atoms with van der Waals surface area (Å²) in [7, 11) is 0. The summed E-state index contributed by atoms with van der Waals surface area (Å²) in [5.41, 5.74) is 2.00. The van der Waals surface area contributed by atoms with Crippen LogP contribution in [0.15, 0.2) is 36.9 Å². The minimum atomic E-state index is -1.19. The number of hydrogen-bond acceptors (Lipinski definition) is 4. The second-order valence-electron chi connectivity index (χ2n) is 7.33. The van der Waals surface area contributed by atoms with Gasteiger partial charge in [0.2, 0.25) is 11.8 Å². The molecule has 2 atom stereocenters. The van der Waals surface area contributed by atoms with Crippen molar-refractivity contribution < 1.29 is 24.2 Å². The van der Waals surface area contributed by atoms with Gasteiger partial charge in [0.15, 0.2) is 6.04 Å². The molecule has 2 unspecified atom stereocenters. The maximum Gasteiger partial charge on any atom is 0.328 e. The lowest BCUT2D eigenvalue weighted by Gasteiger charge is -2.37. The number of carboxylic acid groups (broad SMARTS) is 1. The SMILES string of the molecule is C=CCOCC(NC(=O)C1Cc2ccccc2CN1C(=O)CC(C)C)C(=O)O. The van der Waals surface area contributed by atoms with Crippen molar-refractivity contribution in [3.05, 3.63) is 48.0 Å². The van der Waals surface area contributed by atoms with Gasteiger partial charge in [0.1, 0.15) is 6.04 Å². The van der Waals surface area contributed by atoms with Crippen LogP contribution in [0, 0.1) is 5.92 Å². The molecule has 0 fully saturated rings. The third-order valence-electron chi connectivity index (χ3n) is 4.59. The van der Waals surface area contributed by atoms with Gasteiger partial charge >= 0.3 is 5.97 Å². The molecule has 0 aromatic heterocycles. The Morgan fingerprint density at radius 2 is 2.00 bits per heavy atom. The Hall–Kier alpha value is -2.67. The molecule has 2 N–H and O–H groups in total. The summed E-state index contributed by atoms with van der Waals surface area (Å²) in [5.74, 6) is -1.62. The highest BCUT2D eigenvalue weighted by Crippen LogP contribution is 2.25. The van der Waals surface area contributed by atoms with Crippen LogP contribution in [0.3, 0.4) is 0 Å². The van der Waals surface area contributed by atoms with Crippen molar-refractivity contribution in [3.8, 4) is 0 Å². The van der Waals surface area contributed by atoms with Crippen molar-refractivity contribution >= 4 is 17.8 Å². The largest absolute Gasteiger partial charge is 0.480 e. The molecular formula is C21H28N2O5. The molecule has 28 heavy (non-hydrogen) atoms. The molecule has 7 heteroatoms. The van der Waals surface area contributed by atoms with Gasteiger partial charge in [-0.3, -0.25) is 9.59 Å². The average Bonchev–Trinajstić information content (AvgIpc) is 2.65. The van der Waals surface area contributed by atoms with E-state index in [9.17, 15) is 19.5 Å². The molecule has 1 aromatic rings. The van der Waals surface area contributed by atoms with Gasteiger partial charge in [0.05, 0.1) is 13.2 Å². The van der Waals surface area contributed by atoms with E-state index >= 15 is 0 Å².